The van der Waals surface area contributed by atoms with E-state index < -0.39 is 0 Å². The molecule has 2 aliphatic rings. The minimum Gasteiger partial charge on any atom is -0.340 e. The molecule has 3 rings (SSSR count). The predicted octanol–water partition coefficient (Wildman–Crippen LogP) is 3.79. The van der Waals surface area contributed by atoms with Gasteiger partial charge in [0.1, 0.15) is 0 Å². The second kappa shape index (κ2) is 6.64. The van der Waals surface area contributed by atoms with Crippen LogP contribution in [0.2, 0.25) is 0 Å². The van der Waals surface area contributed by atoms with Crippen molar-refractivity contribution in [1.82, 2.24) is 9.80 Å². The molecular formula is C20H30N2O. The summed E-state index contributed by atoms with van der Waals surface area (Å²) in [6.07, 6.45) is 5.28. The predicted molar refractivity (Wildman–Crippen MR) is 94.4 cm³/mol. The zero-order chi connectivity index (χ0) is 16.4. The molecule has 1 amide bonds. The van der Waals surface area contributed by atoms with Crippen LogP contribution in [0.5, 0.6) is 0 Å². The van der Waals surface area contributed by atoms with Crippen LogP contribution in [0.25, 0.3) is 0 Å². The van der Waals surface area contributed by atoms with Crippen molar-refractivity contribution in [1.29, 1.82) is 0 Å². The van der Waals surface area contributed by atoms with Gasteiger partial charge in [0.05, 0.1) is 0 Å². The van der Waals surface area contributed by atoms with Crippen molar-refractivity contribution in [3.8, 4) is 0 Å². The first-order valence-electron chi connectivity index (χ1n) is 9.08. The average molecular weight is 314 g/mol. The molecule has 1 spiro atoms. The van der Waals surface area contributed by atoms with Crippen LogP contribution in [0.15, 0.2) is 24.3 Å². The first kappa shape index (κ1) is 16.5. The van der Waals surface area contributed by atoms with Crippen LogP contribution in [0.4, 0.5) is 0 Å². The highest BCUT2D eigenvalue weighted by molar-refractivity contribution is 5.79. The van der Waals surface area contributed by atoms with Crippen LogP contribution >= 0.6 is 0 Å². The molecule has 0 saturated carbocycles. The molecule has 126 valence electrons. The van der Waals surface area contributed by atoms with Gasteiger partial charge in [0, 0.05) is 32.1 Å². The van der Waals surface area contributed by atoms with E-state index in [0.29, 0.717) is 11.8 Å². The molecule has 3 nitrogen and oxygen atoms in total. The highest BCUT2D eigenvalue weighted by Crippen LogP contribution is 2.38. The summed E-state index contributed by atoms with van der Waals surface area (Å²) in [7, 11) is 2.01. The topological polar surface area (TPSA) is 23.6 Å². The fourth-order valence-corrected chi connectivity index (χ4v) is 4.18. The van der Waals surface area contributed by atoms with E-state index in [4.69, 9.17) is 0 Å². The van der Waals surface area contributed by atoms with Crippen molar-refractivity contribution >= 4 is 5.91 Å². The monoisotopic (exact) mass is 314 g/mol. The first-order valence-corrected chi connectivity index (χ1v) is 9.08. The normalized spacial score (nSPS) is 26.3. The number of carbonyl (C=O) groups excluding carboxylic acids is 1. The van der Waals surface area contributed by atoms with Crippen molar-refractivity contribution in [2.75, 3.05) is 20.1 Å². The van der Waals surface area contributed by atoms with E-state index in [0.717, 1.165) is 45.3 Å². The zero-order valence-electron chi connectivity index (χ0n) is 14.8. The molecule has 1 aromatic rings. The summed E-state index contributed by atoms with van der Waals surface area (Å²) in [6, 6.07) is 9.09. The molecule has 0 N–H and O–H groups in total. The van der Waals surface area contributed by atoms with Gasteiger partial charge in [-0.15, -0.1) is 0 Å². The average Bonchev–Trinajstić information content (AvgIpc) is 2.72. The maximum atomic E-state index is 11.9. The number of hydrogen-bond acceptors (Lipinski definition) is 2. The second-order valence-electron chi connectivity index (χ2n) is 7.70. The summed E-state index contributed by atoms with van der Waals surface area (Å²) >= 11 is 0. The van der Waals surface area contributed by atoms with Gasteiger partial charge in [-0.05, 0) is 49.3 Å². The summed E-state index contributed by atoms with van der Waals surface area (Å²) in [5.74, 6) is 0.931. The highest BCUT2D eigenvalue weighted by Gasteiger charge is 2.43. The van der Waals surface area contributed by atoms with Crippen molar-refractivity contribution in [3.63, 3.8) is 0 Å². The maximum absolute atomic E-state index is 11.9. The number of nitrogens with zero attached hydrogens (tertiary/aromatic N) is 2. The number of likely N-dealkylation sites (tertiary alicyclic amines) is 2. The van der Waals surface area contributed by atoms with E-state index in [1.54, 1.807) is 0 Å². The van der Waals surface area contributed by atoms with E-state index in [-0.39, 0.29) is 5.54 Å². The quantitative estimate of drug-likeness (QED) is 0.847. The summed E-state index contributed by atoms with van der Waals surface area (Å²) in [6.45, 7) is 7.76. The highest BCUT2D eigenvalue weighted by atomic mass is 16.2. The second-order valence-corrected chi connectivity index (χ2v) is 7.70. The molecule has 0 unspecified atom stereocenters. The Kier molecular flexibility index (Phi) is 4.77. The van der Waals surface area contributed by atoms with E-state index in [2.05, 4.69) is 43.0 Å². The van der Waals surface area contributed by atoms with Gasteiger partial charge in [0.15, 0.2) is 0 Å². The summed E-state index contributed by atoms with van der Waals surface area (Å²) < 4.78 is 0. The summed E-state index contributed by atoms with van der Waals surface area (Å²) in [4.78, 5) is 16.5. The Bertz CT molecular complexity index is 551. The lowest BCUT2D eigenvalue weighted by atomic mass is 9.88. The maximum Gasteiger partial charge on any atom is 0.222 e. The van der Waals surface area contributed by atoms with Gasteiger partial charge in [-0.3, -0.25) is 9.69 Å². The third-order valence-corrected chi connectivity index (χ3v) is 5.95. The lowest BCUT2D eigenvalue weighted by molar-refractivity contribution is -0.129. The third-order valence-electron chi connectivity index (χ3n) is 5.95. The molecule has 2 heterocycles. The Labute approximate surface area is 140 Å². The molecular weight excluding hydrogens is 284 g/mol. The van der Waals surface area contributed by atoms with Gasteiger partial charge >= 0.3 is 0 Å². The summed E-state index contributed by atoms with van der Waals surface area (Å²) in [5.41, 5.74) is 2.96. The number of hydrogen-bond donors (Lipinski definition) is 0. The molecule has 1 aromatic carbocycles. The molecule has 2 saturated heterocycles. The van der Waals surface area contributed by atoms with Crippen molar-refractivity contribution < 1.29 is 4.79 Å². The Hall–Kier alpha value is -1.35. The Morgan fingerprint density at radius 3 is 2.43 bits per heavy atom. The van der Waals surface area contributed by atoms with Crippen LogP contribution < -0.4 is 0 Å². The van der Waals surface area contributed by atoms with Gasteiger partial charge in [0.25, 0.3) is 0 Å². The molecule has 0 aromatic heterocycles. The molecule has 0 bridgehead atoms. The molecule has 2 aliphatic heterocycles. The minimum atomic E-state index is 0.146. The zero-order valence-corrected chi connectivity index (χ0v) is 14.8. The van der Waals surface area contributed by atoms with Crippen molar-refractivity contribution in [2.24, 2.45) is 0 Å². The van der Waals surface area contributed by atoms with E-state index >= 15 is 0 Å². The number of benzene rings is 1. The van der Waals surface area contributed by atoms with E-state index in [9.17, 15) is 4.79 Å². The fourth-order valence-electron chi connectivity index (χ4n) is 4.18. The fraction of sp³-hybridized carbons (Fsp3) is 0.650. The van der Waals surface area contributed by atoms with E-state index in [1.165, 1.54) is 17.5 Å². The van der Waals surface area contributed by atoms with Crippen LogP contribution in [-0.2, 0) is 11.3 Å². The Morgan fingerprint density at radius 1 is 1.09 bits per heavy atom. The number of carbonyl (C=O) groups is 1. The smallest absolute Gasteiger partial charge is 0.222 e. The summed E-state index contributed by atoms with van der Waals surface area (Å²) in [5, 5.41) is 0. The molecule has 23 heavy (non-hydrogen) atoms. The van der Waals surface area contributed by atoms with Crippen LogP contribution in [0.3, 0.4) is 0 Å². The molecule has 1 atom stereocenters. The minimum absolute atomic E-state index is 0.146. The molecule has 0 aliphatic carbocycles. The van der Waals surface area contributed by atoms with Gasteiger partial charge in [-0.25, -0.2) is 0 Å². The van der Waals surface area contributed by atoms with Crippen molar-refractivity contribution in [3.05, 3.63) is 35.4 Å². The lowest BCUT2D eigenvalue weighted by Crippen LogP contribution is -2.43. The van der Waals surface area contributed by atoms with Crippen LogP contribution in [0.1, 0.15) is 63.0 Å². The van der Waals surface area contributed by atoms with Crippen LogP contribution in [-0.4, -0.2) is 41.4 Å². The SMILES string of the molecule is CC(C)c1ccc(CN2CCC[C@@]3(CCC(=O)N3C)CC2)cc1. The Morgan fingerprint density at radius 2 is 1.83 bits per heavy atom. The molecule has 0 radical (unpaired) electrons. The standard InChI is InChI=1S/C20H30N2O/c1-16(2)18-7-5-17(6-8-18)15-22-13-4-10-20(12-14-22)11-9-19(23)21(20)3/h5-8,16H,4,9-15H2,1-3H3/t20-/m1/s1. The first-order chi connectivity index (χ1) is 11.0. The van der Waals surface area contributed by atoms with Crippen molar-refractivity contribution in [2.45, 2.75) is 64.0 Å². The molecule has 2 fully saturated rings. The van der Waals surface area contributed by atoms with Crippen LogP contribution in [0, 0.1) is 0 Å². The Balaban J connectivity index is 1.61. The van der Waals surface area contributed by atoms with Gasteiger partial charge in [0.2, 0.25) is 5.91 Å². The lowest BCUT2D eigenvalue weighted by Gasteiger charge is -2.35. The number of rotatable bonds is 3. The third kappa shape index (κ3) is 3.45. The van der Waals surface area contributed by atoms with Gasteiger partial charge in [-0.2, -0.15) is 0 Å². The van der Waals surface area contributed by atoms with E-state index in [1.807, 2.05) is 11.9 Å². The van der Waals surface area contributed by atoms with Gasteiger partial charge in [-0.1, -0.05) is 38.1 Å². The van der Waals surface area contributed by atoms with Gasteiger partial charge < -0.3 is 4.90 Å². The number of amides is 1. The molecule has 3 heteroatoms. The largest absolute Gasteiger partial charge is 0.340 e.